The number of carboxylic acid groups (broad SMARTS) is 1. The number of aromatic hydroxyl groups is 1. The predicted molar refractivity (Wildman–Crippen MR) is 136 cm³/mol. The summed E-state index contributed by atoms with van der Waals surface area (Å²) in [5.41, 5.74) is -0.170. The molecule has 2 saturated carbocycles. The number of carbonyl (C=O) groups is 2. The molecule has 0 radical (unpaired) electrons. The van der Waals surface area contributed by atoms with Crippen LogP contribution in [0.5, 0.6) is 11.5 Å². The highest BCUT2D eigenvalue weighted by Gasteiger charge is 2.69. The van der Waals surface area contributed by atoms with Crippen LogP contribution < -0.4 is 4.74 Å². The number of benzene rings is 1. The first-order valence-electron chi connectivity index (χ1n) is 13.7. The molecule has 37 heavy (non-hydrogen) atoms. The van der Waals surface area contributed by atoms with E-state index in [0.717, 1.165) is 12.8 Å². The first-order valence-corrected chi connectivity index (χ1v) is 13.7. The molecule has 2 fully saturated rings. The van der Waals surface area contributed by atoms with Crippen LogP contribution in [-0.4, -0.2) is 61.1 Å². The molecular weight excluding hydrogens is 474 g/mol. The van der Waals surface area contributed by atoms with Crippen molar-refractivity contribution in [2.75, 3.05) is 0 Å². The summed E-state index contributed by atoms with van der Waals surface area (Å²) >= 11 is 0. The van der Waals surface area contributed by atoms with Crippen molar-refractivity contribution < 1.29 is 34.8 Å². The molecule has 8 heteroatoms. The van der Waals surface area contributed by atoms with Crippen molar-refractivity contribution in [2.45, 2.75) is 104 Å². The Balaban J connectivity index is 1.59. The standard InChI is InChI=1S/C29H41NO7/c1-7-14(2)22(26(35)36)30-13-18-16(25(30)34)10-19(31)17-11-29(37-23(17)18)15(3)8-9-21-27(4,5)24(33)20(32)12-28(21,29)6/h10,14-15,20-22,24,31-33H,7-9,11-13H2,1-6H3,(H,35,36)/t14?,15-,20-,21+,22?,24-,28+,29-/m1/s1. The smallest absolute Gasteiger partial charge is 0.326 e. The molecule has 2 unspecified atom stereocenters. The molecule has 2 aliphatic heterocycles. The zero-order valence-electron chi connectivity index (χ0n) is 22.7. The number of amides is 1. The average molecular weight is 516 g/mol. The maximum absolute atomic E-state index is 13.4. The molecule has 1 aromatic carbocycles. The van der Waals surface area contributed by atoms with E-state index < -0.39 is 46.6 Å². The second-order valence-electron chi connectivity index (χ2n) is 13.0. The van der Waals surface area contributed by atoms with E-state index in [0.29, 0.717) is 41.7 Å². The van der Waals surface area contributed by atoms with Crippen LogP contribution in [0.25, 0.3) is 0 Å². The fourth-order valence-electron chi connectivity index (χ4n) is 8.56. The quantitative estimate of drug-likeness (QED) is 0.481. The average Bonchev–Trinajstić information content (AvgIpc) is 3.37. The Bertz CT molecular complexity index is 1150. The van der Waals surface area contributed by atoms with Crippen molar-refractivity contribution in [2.24, 2.45) is 28.6 Å². The van der Waals surface area contributed by atoms with Gasteiger partial charge in [0, 0.05) is 23.0 Å². The molecule has 0 aromatic heterocycles. The summed E-state index contributed by atoms with van der Waals surface area (Å²) in [4.78, 5) is 27.0. The third kappa shape index (κ3) is 3.33. The number of ether oxygens (including phenoxy) is 1. The fraction of sp³-hybridized carbons (Fsp3) is 0.724. The number of rotatable bonds is 4. The van der Waals surface area contributed by atoms with Gasteiger partial charge in [0.15, 0.2) is 0 Å². The summed E-state index contributed by atoms with van der Waals surface area (Å²) in [6.45, 7) is 12.2. The molecule has 8 atom stereocenters. The third-order valence-corrected chi connectivity index (χ3v) is 10.9. The number of aliphatic hydroxyl groups is 2. The Morgan fingerprint density at radius 2 is 1.89 bits per heavy atom. The lowest BCUT2D eigenvalue weighted by molar-refractivity contribution is -0.240. The topological polar surface area (TPSA) is 128 Å². The van der Waals surface area contributed by atoms with Crippen LogP contribution in [0.15, 0.2) is 6.07 Å². The zero-order valence-corrected chi connectivity index (χ0v) is 22.7. The van der Waals surface area contributed by atoms with Gasteiger partial charge in [-0.1, -0.05) is 48.0 Å². The van der Waals surface area contributed by atoms with Gasteiger partial charge in [-0.2, -0.15) is 0 Å². The van der Waals surface area contributed by atoms with Crippen molar-refractivity contribution in [3.05, 3.63) is 22.8 Å². The first-order chi connectivity index (χ1) is 17.2. The number of phenols is 1. The number of carbonyl (C=O) groups excluding carboxylic acids is 1. The van der Waals surface area contributed by atoms with Crippen molar-refractivity contribution in [3.8, 4) is 11.5 Å². The van der Waals surface area contributed by atoms with Crippen LogP contribution in [0.3, 0.4) is 0 Å². The number of aliphatic carboxylic acids is 1. The molecule has 1 amide bonds. The second-order valence-corrected chi connectivity index (χ2v) is 13.0. The highest BCUT2D eigenvalue weighted by molar-refractivity contribution is 6.02. The van der Waals surface area contributed by atoms with E-state index in [-0.39, 0.29) is 30.0 Å². The van der Waals surface area contributed by atoms with Crippen molar-refractivity contribution in [3.63, 3.8) is 0 Å². The van der Waals surface area contributed by atoms with E-state index in [2.05, 4.69) is 13.8 Å². The van der Waals surface area contributed by atoms with Crippen LogP contribution >= 0.6 is 0 Å². The van der Waals surface area contributed by atoms with Gasteiger partial charge >= 0.3 is 5.97 Å². The molecule has 2 aliphatic carbocycles. The predicted octanol–water partition coefficient (Wildman–Crippen LogP) is 3.73. The molecule has 2 heterocycles. The monoisotopic (exact) mass is 515 g/mol. The Morgan fingerprint density at radius 3 is 2.51 bits per heavy atom. The second kappa shape index (κ2) is 8.34. The number of phenolic OH excluding ortho intramolecular Hbond substituents is 1. The lowest BCUT2D eigenvalue weighted by Crippen LogP contribution is -2.69. The van der Waals surface area contributed by atoms with Gasteiger partial charge in [0.2, 0.25) is 0 Å². The van der Waals surface area contributed by atoms with Crippen molar-refractivity contribution in [1.82, 2.24) is 4.90 Å². The van der Waals surface area contributed by atoms with Gasteiger partial charge in [0.25, 0.3) is 5.91 Å². The SMILES string of the molecule is CCC(C)C(C(=O)O)N1Cc2c(cc(O)c3c2O[C@]2(C3)[C@H](C)CC[C@H]3C(C)(C)[C@H](O)[C@H](O)C[C@@]32C)C1=O. The van der Waals surface area contributed by atoms with Gasteiger partial charge in [0.05, 0.1) is 24.3 Å². The van der Waals surface area contributed by atoms with Gasteiger partial charge in [-0.25, -0.2) is 4.79 Å². The highest BCUT2D eigenvalue weighted by atomic mass is 16.5. The first kappa shape index (κ1) is 26.3. The van der Waals surface area contributed by atoms with Gasteiger partial charge in [-0.15, -0.1) is 0 Å². The lowest BCUT2D eigenvalue weighted by atomic mass is 9.43. The summed E-state index contributed by atoms with van der Waals surface area (Å²) in [5, 5.41) is 42.9. The van der Waals surface area contributed by atoms with E-state index in [1.807, 2.05) is 27.7 Å². The number of fused-ring (bicyclic) bond motifs is 5. The molecule has 0 bridgehead atoms. The summed E-state index contributed by atoms with van der Waals surface area (Å²) in [6.07, 6.45) is 1.48. The van der Waals surface area contributed by atoms with E-state index in [1.54, 1.807) is 0 Å². The molecular formula is C29H41NO7. The molecule has 0 saturated heterocycles. The summed E-state index contributed by atoms with van der Waals surface area (Å²) in [5.74, 6) is -1.00. The summed E-state index contributed by atoms with van der Waals surface area (Å²) < 4.78 is 6.97. The Hall–Kier alpha value is -2.32. The van der Waals surface area contributed by atoms with Gasteiger partial charge in [-0.05, 0) is 48.5 Å². The minimum atomic E-state index is -1.04. The Labute approximate surface area is 218 Å². The summed E-state index contributed by atoms with van der Waals surface area (Å²) in [6, 6.07) is 0.509. The number of nitrogens with zero attached hydrogens (tertiary/aromatic N) is 1. The van der Waals surface area contributed by atoms with Crippen LogP contribution in [0.2, 0.25) is 0 Å². The largest absolute Gasteiger partial charge is 0.508 e. The number of aliphatic hydroxyl groups excluding tert-OH is 2. The third-order valence-electron chi connectivity index (χ3n) is 10.9. The number of carboxylic acids is 1. The maximum atomic E-state index is 13.4. The maximum Gasteiger partial charge on any atom is 0.326 e. The molecule has 1 aromatic rings. The van der Waals surface area contributed by atoms with E-state index >= 15 is 0 Å². The fourth-order valence-corrected chi connectivity index (χ4v) is 8.56. The van der Waals surface area contributed by atoms with Gasteiger partial charge in [0.1, 0.15) is 23.1 Å². The normalized spacial score (nSPS) is 37.5. The molecule has 8 nitrogen and oxygen atoms in total. The Morgan fingerprint density at radius 1 is 1.22 bits per heavy atom. The molecule has 204 valence electrons. The minimum Gasteiger partial charge on any atom is -0.508 e. The summed E-state index contributed by atoms with van der Waals surface area (Å²) in [7, 11) is 0. The van der Waals surface area contributed by atoms with E-state index in [9.17, 15) is 30.0 Å². The number of hydrogen-bond acceptors (Lipinski definition) is 6. The Kier molecular flexibility index (Phi) is 5.93. The van der Waals surface area contributed by atoms with Crippen LogP contribution in [0.1, 0.15) is 88.7 Å². The minimum absolute atomic E-state index is 0.00943. The molecule has 1 spiro atoms. The van der Waals surface area contributed by atoms with E-state index in [4.69, 9.17) is 4.74 Å². The highest BCUT2D eigenvalue weighted by Crippen LogP contribution is 2.67. The van der Waals surface area contributed by atoms with Crippen LogP contribution in [-0.2, 0) is 17.8 Å². The molecule has 4 aliphatic rings. The molecule has 5 rings (SSSR count). The van der Waals surface area contributed by atoms with Gasteiger partial charge < -0.3 is 30.1 Å². The number of hydrogen-bond donors (Lipinski definition) is 4. The zero-order chi connectivity index (χ0) is 27.2. The van der Waals surface area contributed by atoms with Gasteiger partial charge in [-0.3, -0.25) is 4.79 Å². The lowest BCUT2D eigenvalue weighted by Gasteiger charge is -2.64. The van der Waals surface area contributed by atoms with Crippen molar-refractivity contribution in [1.29, 1.82) is 0 Å². The molecule has 4 N–H and O–H groups in total. The van der Waals surface area contributed by atoms with Crippen LogP contribution in [0.4, 0.5) is 0 Å². The van der Waals surface area contributed by atoms with Crippen molar-refractivity contribution >= 4 is 11.9 Å². The van der Waals surface area contributed by atoms with E-state index in [1.165, 1.54) is 11.0 Å². The van der Waals surface area contributed by atoms with Crippen LogP contribution in [0, 0.1) is 28.6 Å².